The molecule has 1 fully saturated rings. The first-order valence-electron chi connectivity index (χ1n) is 6.15. The van der Waals surface area contributed by atoms with Gasteiger partial charge in [-0.05, 0) is 37.5 Å². The van der Waals surface area contributed by atoms with Gasteiger partial charge in [0.15, 0.2) is 0 Å². The molecule has 3 nitrogen and oxygen atoms in total. The highest BCUT2D eigenvalue weighted by Gasteiger charge is 2.33. The van der Waals surface area contributed by atoms with Crippen molar-refractivity contribution in [1.29, 1.82) is 0 Å². The van der Waals surface area contributed by atoms with Crippen molar-refractivity contribution in [3.63, 3.8) is 0 Å². The van der Waals surface area contributed by atoms with E-state index in [2.05, 4.69) is 6.26 Å². The topological polar surface area (TPSA) is 46.3 Å². The lowest BCUT2D eigenvalue weighted by Crippen LogP contribution is -2.48. The third-order valence-electron chi connectivity index (χ3n) is 3.52. The molecule has 1 amide bonds. The van der Waals surface area contributed by atoms with E-state index in [9.17, 15) is 4.79 Å². The molecule has 2 N–H and O–H groups in total. The molecular weight excluding hydrogens is 252 g/mol. The summed E-state index contributed by atoms with van der Waals surface area (Å²) < 4.78 is 0. The Hall–Kier alpha value is 0.130. The largest absolute Gasteiger partial charge is 0.340 e. The number of nitrogens with two attached hydrogens (primary N) is 1. The van der Waals surface area contributed by atoms with Gasteiger partial charge >= 0.3 is 0 Å². The van der Waals surface area contributed by atoms with Gasteiger partial charge in [-0.15, -0.1) is 0 Å². The Balaban J connectivity index is 2.50. The van der Waals surface area contributed by atoms with Crippen molar-refractivity contribution >= 4 is 29.4 Å². The van der Waals surface area contributed by atoms with E-state index in [0.29, 0.717) is 11.3 Å². The standard InChI is InChI=1S/C12H24N2OS2/c1-14(10-5-4-6-11(10)17-3)12(15)9(13)7-8-16-2/h9-11H,4-8,13H2,1-3H3/t9-,10?,11?/m0/s1. The van der Waals surface area contributed by atoms with Crippen molar-refractivity contribution in [3.8, 4) is 0 Å². The average Bonchev–Trinajstić information content (AvgIpc) is 2.82. The van der Waals surface area contributed by atoms with Crippen LogP contribution in [0.15, 0.2) is 0 Å². The van der Waals surface area contributed by atoms with Crippen molar-refractivity contribution in [1.82, 2.24) is 4.90 Å². The van der Waals surface area contributed by atoms with E-state index in [1.807, 2.05) is 30.0 Å². The number of thioether (sulfide) groups is 2. The molecule has 3 atom stereocenters. The number of carbonyl (C=O) groups excluding carboxylic acids is 1. The third kappa shape index (κ3) is 4.07. The van der Waals surface area contributed by atoms with Crippen LogP contribution in [0.25, 0.3) is 0 Å². The van der Waals surface area contributed by atoms with Gasteiger partial charge in [-0.2, -0.15) is 23.5 Å². The minimum Gasteiger partial charge on any atom is -0.340 e. The van der Waals surface area contributed by atoms with Crippen LogP contribution in [0.3, 0.4) is 0 Å². The molecule has 2 unspecified atom stereocenters. The number of carbonyl (C=O) groups is 1. The maximum Gasteiger partial charge on any atom is 0.239 e. The Bertz CT molecular complexity index is 251. The third-order valence-corrected chi connectivity index (χ3v) is 5.32. The summed E-state index contributed by atoms with van der Waals surface area (Å²) in [5.74, 6) is 1.07. The summed E-state index contributed by atoms with van der Waals surface area (Å²) in [6, 6.07) is 0.0633. The molecule has 0 aliphatic heterocycles. The number of likely N-dealkylation sites (N-methyl/N-ethyl adjacent to an activating group) is 1. The molecule has 0 aromatic rings. The minimum atomic E-state index is -0.324. The van der Waals surface area contributed by atoms with E-state index in [-0.39, 0.29) is 11.9 Å². The zero-order valence-electron chi connectivity index (χ0n) is 11.0. The molecule has 0 spiro atoms. The Labute approximate surface area is 113 Å². The lowest BCUT2D eigenvalue weighted by atomic mass is 10.1. The van der Waals surface area contributed by atoms with Crippen LogP contribution in [0, 0.1) is 0 Å². The van der Waals surface area contributed by atoms with Gasteiger partial charge in [0.1, 0.15) is 0 Å². The molecule has 0 aromatic heterocycles. The highest BCUT2D eigenvalue weighted by Crippen LogP contribution is 2.31. The van der Waals surface area contributed by atoms with Gasteiger partial charge in [0, 0.05) is 18.3 Å². The minimum absolute atomic E-state index is 0.116. The average molecular weight is 276 g/mol. The summed E-state index contributed by atoms with van der Waals surface area (Å²) in [5.41, 5.74) is 5.95. The number of amides is 1. The number of rotatable bonds is 6. The maximum atomic E-state index is 12.2. The Morgan fingerprint density at radius 3 is 2.76 bits per heavy atom. The molecule has 100 valence electrons. The number of hydrogen-bond acceptors (Lipinski definition) is 4. The van der Waals surface area contributed by atoms with Gasteiger partial charge in [0.25, 0.3) is 0 Å². The van der Waals surface area contributed by atoms with Gasteiger partial charge in [-0.1, -0.05) is 6.42 Å². The number of hydrogen-bond donors (Lipinski definition) is 1. The predicted molar refractivity (Wildman–Crippen MR) is 78.7 cm³/mol. The Kier molecular flexibility index (Phi) is 6.74. The van der Waals surface area contributed by atoms with Crippen LogP contribution in [0.1, 0.15) is 25.7 Å². The van der Waals surface area contributed by atoms with Crippen LogP contribution >= 0.6 is 23.5 Å². The maximum absolute atomic E-state index is 12.2. The summed E-state index contributed by atoms with van der Waals surface area (Å²) in [5, 5.41) is 0.594. The zero-order valence-corrected chi connectivity index (χ0v) is 12.6. The SMILES string of the molecule is CSCC[C@H](N)C(=O)N(C)C1CCCC1SC. The molecule has 5 heteroatoms. The van der Waals surface area contributed by atoms with Crippen LogP contribution < -0.4 is 5.73 Å². The van der Waals surface area contributed by atoms with E-state index in [1.54, 1.807) is 11.8 Å². The smallest absolute Gasteiger partial charge is 0.239 e. The normalized spacial score (nSPS) is 25.9. The van der Waals surface area contributed by atoms with Crippen molar-refractivity contribution in [2.75, 3.05) is 25.3 Å². The van der Waals surface area contributed by atoms with Crippen LogP contribution in [-0.4, -0.2) is 53.5 Å². The molecule has 17 heavy (non-hydrogen) atoms. The zero-order chi connectivity index (χ0) is 12.8. The summed E-state index contributed by atoms with van der Waals surface area (Å²) >= 11 is 3.62. The first kappa shape index (κ1) is 15.2. The summed E-state index contributed by atoms with van der Waals surface area (Å²) in [6.45, 7) is 0. The molecule has 1 saturated carbocycles. The second-order valence-corrected chi connectivity index (χ2v) is 6.67. The van der Waals surface area contributed by atoms with Gasteiger partial charge in [-0.25, -0.2) is 0 Å². The summed E-state index contributed by atoms with van der Waals surface area (Å²) in [4.78, 5) is 14.1. The second kappa shape index (κ2) is 7.54. The Morgan fingerprint density at radius 2 is 2.18 bits per heavy atom. The molecule has 0 saturated heterocycles. The lowest BCUT2D eigenvalue weighted by Gasteiger charge is -2.31. The van der Waals surface area contributed by atoms with Crippen LogP contribution in [-0.2, 0) is 4.79 Å². The van der Waals surface area contributed by atoms with Gasteiger partial charge < -0.3 is 10.6 Å². The van der Waals surface area contributed by atoms with E-state index in [0.717, 1.165) is 18.6 Å². The molecule has 1 aliphatic carbocycles. The van der Waals surface area contributed by atoms with Crippen LogP contribution in [0.5, 0.6) is 0 Å². The van der Waals surface area contributed by atoms with Crippen LogP contribution in [0.4, 0.5) is 0 Å². The highest BCUT2D eigenvalue weighted by atomic mass is 32.2. The van der Waals surface area contributed by atoms with Crippen LogP contribution in [0.2, 0.25) is 0 Å². The van der Waals surface area contributed by atoms with Crippen molar-refractivity contribution in [2.45, 2.75) is 43.0 Å². The quantitative estimate of drug-likeness (QED) is 0.804. The van der Waals surface area contributed by atoms with E-state index < -0.39 is 0 Å². The Morgan fingerprint density at radius 1 is 1.47 bits per heavy atom. The summed E-state index contributed by atoms with van der Waals surface area (Å²) in [6.07, 6.45) is 8.54. The van der Waals surface area contributed by atoms with Crippen molar-refractivity contribution in [2.24, 2.45) is 5.73 Å². The van der Waals surface area contributed by atoms with Gasteiger partial charge in [0.05, 0.1) is 6.04 Å². The fourth-order valence-corrected chi connectivity index (χ4v) is 3.94. The lowest BCUT2D eigenvalue weighted by molar-refractivity contribution is -0.133. The molecule has 0 heterocycles. The first-order chi connectivity index (χ1) is 8.11. The molecule has 1 rings (SSSR count). The fraction of sp³-hybridized carbons (Fsp3) is 0.917. The molecule has 0 aromatic carbocycles. The molecule has 0 bridgehead atoms. The van der Waals surface area contributed by atoms with Crippen molar-refractivity contribution < 1.29 is 4.79 Å². The second-order valence-electron chi connectivity index (χ2n) is 4.61. The van der Waals surface area contributed by atoms with E-state index in [1.165, 1.54) is 12.8 Å². The molecule has 1 aliphatic rings. The summed E-state index contributed by atoms with van der Waals surface area (Å²) in [7, 11) is 1.92. The van der Waals surface area contributed by atoms with E-state index in [4.69, 9.17) is 5.73 Å². The molecular formula is C12H24N2OS2. The fourth-order valence-electron chi connectivity index (χ4n) is 2.42. The molecule has 0 radical (unpaired) electrons. The highest BCUT2D eigenvalue weighted by molar-refractivity contribution is 7.99. The van der Waals surface area contributed by atoms with Gasteiger partial charge in [0.2, 0.25) is 5.91 Å². The first-order valence-corrected chi connectivity index (χ1v) is 8.84. The van der Waals surface area contributed by atoms with E-state index >= 15 is 0 Å². The van der Waals surface area contributed by atoms with Crippen molar-refractivity contribution in [3.05, 3.63) is 0 Å². The number of nitrogens with zero attached hydrogens (tertiary/aromatic N) is 1. The monoisotopic (exact) mass is 276 g/mol. The predicted octanol–water partition coefficient (Wildman–Crippen LogP) is 1.81. The van der Waals surface area contributed by atoms with Gasteiger partial charge in [-0.3, -0.25) is 4.79 Å².